The highest BCUT2D eigenvalue weighted by atomic mass is 28.4. The van der Waals surface area contributed by atoms with E-state index in [0.29, 0.717) is 47.6 Å². The molecule has 0 spiro atoms. The summed E-state index contributed by atoms with van der Waals surface area (Å²) in [5, 5.41) is 28.4. The van der Waals surface area contributed by atoms with E-state index in [1.807, 2.05) is 37.3 Å². The standard InChI is InChI=1S/C57H65NO12Si/c1-36-42-31-45(59)56(4)46(70-71(5,6)30-20-19-29-47(60)67-34-37-21-11-7-12-22-37)32-43-41(35-66-43)48(56)51(69-53(63)40-27-17-10-18-28-40)57(65,55(42,2)3)33-44(36)68-54(64)50(61)49(38-23-13-8-14-24-38)58-52(62)39-25-15-9-16-26-39/h7-18,21-28,31,43-44,46,48-51,61,65H,19-20,29-30,32-35H2,1-6H3,(H,58,62)/t43-,44+,46+,48?,49+,50-,51+,56-,57-/m1/s1. The van der Waals surface area contributed by atoms with Gasteiger partial charge in [-0.15, -0.1) is 0 Å². The van der Waals surface area contributed by atoms with Crippen LogP contribution in [0.15, 0.2) is 132 Å². The van der Waals surface area contributed by atoms with Crippen LogP contribution >= 0.6 is 0 Å². The van der Waals surface area contributed by atoms with Crippen LogP contribution in [0.4, 0.5) is 0 Å². The monoisotopic (exact) mass is 983 g/mol. The third-order valence-corrected chi connectivity index (χ3v) is 17.9. The topological polar surface area (TPSA) is 184 Å². The zero-order valence-electron chi connectivity index (χ0n) is 41.3. The minimum Gasteiger partial charge on any atom is -0.461 e. The lowest BCUT2D eigenvalue weighted by molar-refractivity contribution is -0.229. The predicted octanol–water partition coefficient (Wildman–Crippen LogP) is 8.42. The normalized spacial score (nSPS) is 26.8. The summed E-state index contributed by atoms with van der Waals surface area (Å²) in [6.45, 7) is 11.7. The minimum absolute atomic E-state index is 0.171. The Labute approximate surface area is 417 Å². The number of hydrogen-bond donors (Lipinski definition) is 3. The van der Waals surface area contributed by atoms with Crippen LogP contribution in [0.1, 0.15) is 97.7 Å². The fourth-order valence-electron chi connectivity index (χ4n) is 11.0. The highest BCUT2D eigenvalue weighted by Crippen LogP contribution is 2.63. The third kappa shape index (κ3) is 10.6. The molecule has 14 heteroatoms. The van der Waals surface area contributed by atoms with Crippen molar-refractivity contribution in [2.45, 2.75) is 128 Å². The molecule has 13 nitrogen and oxygen atoms in total. The number of esters is 3. The molecule has 2 bridgehead atoms. The van der Waals surface area contributed by atoms with Crippen molar-refractivity contribution >= 4 is 37.9 Å². The molecule has 2 saturated carbocycles. The van der Waals surface area contributed by atoms with E-state index in [-0.39, 0.29) is 43.4 Å². The number of fused-ring (bicyclic) bond motifs is 5. The van der Waals surface area contributed by atoms with Crippen molar-refractivity contribution in [3.63, 3.8) is 0 Å². The molecule has 9 atom stereocenters. The lowest BCUT2D eigenvalue weighted by Crippen LogP contribution is -2.73. The molecule has 3 N–H and O–H groups in total. The van der Waals surface area contributed by atoms with Crippen LogP contribution in [0.5, 0.6) is 0 Å². The Kier molecular flexibility index (Phi) is 15.4. The molecular formula is C57H65NO12Si. The van der Waals surface area contributed by atoms with Gasteiger partial charge in [-0.05, 0) is 85.9 Å². The number of ketones is 1. The highest BCUT2D eigenvalue weighted by molar-refractivity contribution is 6.71. The van der Waals surface area contributed by atoms with Crippen LogP contribution in [0.2, 0.25) is 19.1 Å². The summed E-state index contributed by atoms with van der Waals surface area (Å²) >= 11 is 0. The zero-order chi connectivity index (χ0) is 50.7. The third-order valence-electron chi connectivity index (χ3n) is 15.4. The first-order valence-corrected chi connectivity index (χ1v) is 27.7. The maximum atomic E-state index is 15.6. The minimum atomic E-state index is -2.62. The van der Waals surface area contributed by atoms with E-state index >= 15 is 4.79 Å². The number of amides is 1. The fourth-order valence-corrected chi connectivity index (χ4v) is 13.4. The number of aliphatic hydroxyl groups is 2. The fraction of sp³-hybridized carbons (Fsp3) is 0.421. The van der Waals surface area contributed by atoms with Gasteiger partial charge in [0.2, 0.25) is 0 Å². The summed E-state index contributed by atoms with van der Waals surface area (Å²) in [6.07, 6.45) is -2.52. The zero-order valence-corrected chi connectivity index (χ0v) is 42.3. The van der Waals surface area contributed by atoms with Crippen LogP contribution < -0.4 is 5.32 Å². The molecule has 4 aliphatic rings. The van der Waals surface area contributed by atoms with Crippen LogP contribution in [-0.4, -0.2) is 90.9 Å². The molecule has 71 heavy (non-hydrogen) atoms. The summed E-state index contributed by atoms with van der Waals surface area (Å²) in [5.41, 5.74) is -1.88. The van der Waals surface area contributed by atoms with E-state index in [9.17, 15) is 29.4 Å². The van der Waals surface area contributed by atoms with E-state index in [2.05, 4.69) is 18.4 Å². The first kappa shape index (κ1) is 51.6. The molecular weight excluding hydrogens is 919 g/mol. The first-order chi connectivity index (χ1) is 33.8. The average Bonchev–Trinajstić information content (AvgIpc) is 3.36. The number of benzene rings is 4. The summed E-state index contributed by atoms with van der Waals surface area (Å²) in [5.74, 6) is -2.99. The molecule has 1 unspecified atom stereocenters. The number of Topliss-reactive ketones (excluding diaryl/α,β-unsaturated/α-hetero) is 1. The van der Waals surface area contributed by atoms with Crippen molar-refractivity contribution in [3.05, 3.63) is 167 Å². The molecule has 3 aliphatic carbocycles. The number of aliphatic hydroxyl groups excluding tert-OH is 1. The predicted molar refractivity (Wildman–Crippen MR) is 266 cm³/mol. The van der Waals surface area contributed by atoms with E-state index in [4.69, 9.17) is 23.4 Å². The first-order valence-electron chi connectivity index (χ1n) is 24.6. The molecule has 8 rings (SSSR count). The van der Waals surface area contributed by atoms with E-state index in [1.165, 1.54) is 6.42 Å². The summed E-state index contributed by atoms with van der Waals surface area (Å²) in [7, 11) is -2.62. The Morgan fingerprint density at radius 2 is 1.44 bits per heavy atom. The van der Waals surface area contributed by atoms with Gasteiger partial charge in [0.25, 0.3) is 5.91 Å². The molecule has 374 valence electrons. The van der Waals surface area contributed by atoms with Crippen molar-refractivity contribution < 1.29 is 57.6 Å². The maximum absolute atomic E-state index is 15.6. The van der Waals surface area contributed by atoms with E-state index in [1.54, 1.807) is 112 Å². The van der Waals surface area contributed by atoms with Crippen LogP contribution in [0.3, 0.4) is 0 Å². The molecule has 1 heterocycles. The van der Waals surface area contributed by atoms with Crippen molar-refractivity contribution in [3.8, 4) is 0 Å². The smallest absolute Gasteiger partial charge is 0.338 e. The van der Waals surface area contributed by atoms with Gasteiger partial charge in [0.15, 0.2) is 14.4 Å². The van der Waals surface area contributed by atoms with Crippen molar-refractivity contribution in [1.29, 1.82) is 0 Å². The number of unbranched alkanes of at least 4 members (excludes halogenated alkanes) is 1. The molecule has 3 fully saturated rings. The van der Waals surface area contributed by atoms with Gasteiger partial charge >= 0.3 is 17.9 Å². The van der Waals surface area contributed by atoms with Crippen molar-refractivity contribution in [2.24, 2.45) is 16.7 Å². The Morgan fingerprint density at radius 1 is 0.831 bits per heavy atom. The number of ether oxygens (including phenoxy) is 4. The number of hydrogen-bond acceptors (Lipinski definition) is 12. The molecule has 1 aliphatic heterocycles. The second kappa shape index (κ2) is 21.1. The van der Waals surface area contributed by atoms with Gasteiger partial charge in [0, 0.05) is 42.1 Å². The number of rotatable bonds is 17. The lowest BCUT2D eigenvalue weighted by atomic mass is 9.46. The van der Waals surface area contributed by atoms with Crippen LogP contribution in [0, 0.1) is 29.1 Å². The molecule has 2 radical (unpaired) electrons. The van der Waals surface area contributed by atoms with E-state index in [0.717, 1.165) is 11.5 Å². The molecule has 1 saturated heterocycles. The largest absolute Gasteiger partial charge is 0.461 e. The van der Waals surface area contributed by atoms with E-state index < -0.39 is 85.1 Å². The molecule has 0 aromatic heterocycles. The Hall–Kier alpha value is -5.77. The Morgan fingerprint density at radius 3 is 2.06 bits per heavy atom. The second-order valence-corrected chi connectivity index (χ2v) is 25.0. The average molecular weight is 984 g/mol. The summed E-state index contributed by atoms with van der Waals surface area (Å²) < 4.78 is 31.7. The van der Waals surface area contributed by atoms with Gasteiger partial charge in [-0.3, -0.25) is 14.4 Å². The van der Waals surface area contributed by atoms with Crippen molar-refractivity contribution in [2.75, 3.05) is 6.61 Å². The Bertz CT molecular complexity index is 2590. The number of carbonyl (C=O) groups excluding carboxylic acids is 5. The van der Waals surface area contributed by atoms with Crippen LogP contribution in [-0.2, 0) is 44.4 Å². The number of carbonyl (C=O) groups is 5. The number of nitrogens with one attached hydrogen (secondary N) is 1. The molecule has 1 amide bonds. The van der Waals surface area contributed by atoms with Gasteiger partial charge in [0.1, 0.15) is 30.2 Å². The summed E-state index contributed by atoms with van der Waals surface area (Å²) in [4.78, 5) is 70.5. The Balaban J connectivity index is 1.10. The molecule has 4 aromatic rings. The second-order valence-electron chi connectivity index (χ2n) is 20.7. The summed E-state index contributed by atoms with van der Waals surface area (Å²) in [6, 6.07) is 34.4. The van der Waals surface area contributed by atoms with Crippen molar-refractivity contribution in [1.82, 2.24) is 5.32 Å². The lowest BCUT2D eigenvalue weighted by Gasteiger charge is -2.64. The highest BCUT2D eigenvalue weighted by Gasteiger charge is 2.71. The van der Waals surface area contributed by atoms with Gasteiger partial charge in [-0.1, -0.05) is 117 Å². The molecule has 4 aromatic carbocycles. The van der Waals surface area contributed by atoms with Gasteiger partial charge in [-0.25, -0.2) is 9.59 Å². The van der Waals surface area contributed by atoms with Gasteiger partial charge < -0.3 is 38.9 Å². The quantitative estimate of drug-likeness (QED) is 0.0398. The maximum Gasteiger partial charge on any atom is 0.338 e. The van der Waals surface area contributed by atoms with Crippen LogP contribution in [0.25, 0.3) is 0 Å². The van der Waals surface area contributed by atoms with Gasteiger partial charge in [-0.2, -0.15) is 0 Å². The SMILES string of the molecule is CC1=C2[CH]C(=O)[C@@]3(C)C([C]4CO[C@@H]4C[C@@H]3O[Si](C)(C)CCCCC(=O)OCc3ccccc3)[C@H](OC(=O)c3ccccc3)[C@](O)(C[C@@H]1OC(=O)[C@H](O)[C@@H](NC(=O)c1ccccc1)c1ccccc1)C2(C)C. The van der Waals surface area contributed by atoms with Gasteiger partial charge in [0.05, 0.1) is 42.3 Å².